The molecule has 0 aliphatic carbocycles. The molecule has 3 aromatic carbocycles. The van der Waals surface area contributed by atoms with Crippen molar-refractivity contribution in [2.75, 3.05) is 44.3 Å². The van der Waals surface area contributed by atoms with Crippen molar-refractivity contribution in [1.29, 1.82) is 0 Å². The number of nitrogens with one attached hydrogen (secondary N) is 2. The standard InChI is InChI=1S/C28H28FN3O3S/c29-22-6-3-5-20(17-22)19-32-24-18-21(27(33)30-11-4-12-31-13-15-35-16-14-31)9-10-26(24)36-25-8-2-1-7-23(25)28(32)34/h1-3,5-10,17-18H,4,11-16,19H2,(H,30,33)/p+1. The molecule has 0 unspecified atom stereocenters. The highest BCUT2D eigenvalue weighted by molar-refractivity contribution is 7.99. The zero-order valence-corrected chi connectivity index (χ0v) is 20.8. The normalized spacial score (nSPS) is 15.7. The average Bonchev–Trinajstić information content (AvgIpc) is 3.01. The van der Waals surface area contributed by atoms with Gasteiger partial charge in [0.1, 0.15) is 18.9 Å². The lowest BCUT2D eigenvalue weighted by atomic mass is 10.1. The van der Waals surface area contributed by atoms with Gasteiger partial charge >= 0.3 is 0 Å². The molecular formula is C28H29FN3O3S+. The van der Waals surface area contributed by atoms with Crippen molar-refractivity contribution in [2.24, 2.45) is 0 Å². The minimum atomic E-state index is -0.350. The van der Waals surface area contributed by atoms with Crippen LogP contribution in [-0.4, -0.2) is 51.2 Å². The number of fused-ring (bicyclic) bond motifs is 2. The third kappa shape index (κ3) is 5.61. The second-order valence-electron chi connectivity index (χ2n) is 9.02. The average molecular weight is 507 g/mol. The Hall–Kier alpha value is -3.20. The Kier molecular flexibility index (Phi) is 7.65. The van der Waals surface area contributed by atoms with Crippen LogP contribution in [0.1, 0.15) is 32.7 Å². The SMILES string of the molecule is O=C(NCCC[NH+]1CCOCC1)c1ccc2c(c1)N(Cc1cccc(F)c1)C(=O)c1ccccc1S2. The predicted molar refractivity (Wildman–Crippen MR) is 137 cm³/mol. The second-order valence-corrected chi connectivity index (χ2v) is 10.1. The number of carbonyl (C=O) groups excluding carboxylic acids is 2. The maximum absolute atomic E-state index is 13.9. The number of amides is 2. The van der Waals surface area contributed by atoms with Gasteiger partial charge in [-0.05, 0) is 48.0 Å². The molecule has 8 heteroatoms. The summed E-state index contributed by atoms with van der Waals surface area (Å²) in [5.74, 6) is -0.691. The molecule has 0 atom stereocenters. The molecule has 3 aromatic rings. The monoisotopic (exact) mass is 506 g/mol. The molecule has 36 heavy (non-hydrogen) atoms. The Bertz CT molecular complexity index is 1260. The highest BCUT2D eigenvalue weighted by atomic mass is 32.2. The van der Waals surface area contributed by atoms with Crippen molar-refractivity contribution < 1.29 is 23.6 Å². The molecule has 6 nitrogen and oxygen atoms in total. The lowest BCUT2D eigenvalue weighted by Crippen LogP contribution is -3.14. The summed E-state index contributed by atoms with van der Waals surface area (Å²) in [6.45, 7) is 5.39. The Labute approximate surface area is 214 Å². The summed E-state index contributed by atoms with van der Waals surface area (Å²) in [5.41, 5.74) is 2.41. The minimum Gasteiger partial charge on any atom is -0.370 e. The highest BCUT2D eigenvalue weighted by Crippen LogP contribution is 2.42. The largest absolute Gasteiger partial charge is 0.370 e. The molecule has 0 radical (unpaired) electrons. The van der Waals surface area contributed by atoms with E-state index in [1.54, 1.807) is 35.2 Å². The van der Waals surface area contributed by atoms with E-state index in [0.717, 1.165) is 49.1 Å². The van der Waals surface area contributed by atoms with E-state index in [1.165, 1.54) is 28.8 Å². The molecule has 0 saturated carbocycles. The van der Waals surface area contributed by atoms with E-state index in [9.17, 15) is 14.0 Å². The maximum atomic E-state index is 13.9. The second kappa shape index (κ2) is 11.2. The summed E-state index contributed by atoms with van der Waals surface area (Å²) in [6, 6.07) is 19.2. The van der Waals surface area contributed by atoms with Crippen molar-refractivity contribution in [3.8, 4) is 0 Å². The topological polar surface area (TPSA) is 63.1 Å². The molecule has 2 heterocycles. The number of benzene rings is 3. The van der Waals surface area contributed by atoms with Crippen LogP contribution in [0.3, 0.4) is 0 Å². The first kappa shape index (κ1) is 24.5. The highest BCUT2D eigenvalue weighted by Gasteiger charge is 2.28. The van der Waals surface area contributed by atoms with Crippen molar-refractivity contribution in [3.63, 3.8) is 0 Å². The number of anilines is 1. The van der Waals surface area contributed by atoms with Gasteiger partial charge in [0.15, 0.2) is 0 Å². The molecule has 186 valence electrons. The number of morpholine rings is 1. The van der Waals surface area contributed by atoms with Crippen molar-refractivity contribution in [1.82, 2.24) is 5.32 Å². The quantitative estimate of drug-likeness (QED) is 0.484. The molecule has 0 aromatic heterocycles. The van der Waals surface area contributed by atoms with Crippen molar-refractivity contribution in [3.05, 3.63) is 89.2 Å². The van der Waals surface area contributed by atoms with E-state index < -0.39 is 0 Å². The third-order valence-electron chi connectivity index (χ3n) is 6.52. The first-order valence-corrected chi connectivity index (χ1v) is 13.1. The lowest BCUT2D eigenvalue weighted by Gasteiger charge is -2.24. The summed E-state index contributed by atoms with van der Waals surface area (Å²) in [4.78, 5) is 31.5. The van der Waals surface area contributed by atoms with Crippen molar-refractivity contribution in [2.45, 2.75) is 22.8 Å². The fraction of sp³-hybridized carbons (Fsp3) is 0.286. The number of carbonyl (C=O) groups is 2. The van der Waals surface area contributed by atoms with Crippen LogP contribution in [0.5, 0.6) is 0 Å². The Morgan fingerprint density at radius 2 is 1.86 bits per heavy atom. The van der Waals surface area contributed by atoms with E-state index in [1.807, 2.05) is 24.3 Å². The summed E-state index contributed by atoms with van der Waals surface area (Å²) >= 11 is 1.50. The van der Waals surface area contributed by atoms with Crippen LogP contribution >= 0.6 is 11.8 Å². The van der Waals surface area contributed by atoms with E-state index in [4.69, 9.17) is 4.74 Å². The van der Waals surface area contributed by atoms with Crippen LogP contribution in [-0.2, 0) is 11.3 Å². The number of quaternary nitrogens is 1. The molecule has 2 N–H and O–H groups in total. The molecule has 2 aliphatic rings. The van der Waals surface area contributed by atoms with Crippen LogP contribution in [0, 0.1) is 5.82 Å². The number of rotatable bonds is 7. The van der Waals surface area contributed by atoms with Crippen LogP contribution in [0.2, 0.25) is 0 Å². The summed E-state index contributed by atoms with van der Waals surface area (Å²) < 4.78 is 19.3. The number of hydrogen-bond donors (Lipinski definition) is 2. The van der Waals surface area contributed by atoms with Crippen molar-refractivity contribution >= 4 is 29.3 Å². The zero-order chi connectivity index (χ0) is 24.9. The van der Waals surface area contributed by atoms with E-state index in [-0.39, 0.29) is 24.2 Å². The van der Waals surface area contributed by atoms with Gasteiger partial charge in [0.2, 0.25) is 0 Å². The van der Waals surface area contributed by atoms with Gasteiger partial charge in [0.25, 0.3) is 11.8 Å². The molecule has 5 rings (SSSR count). The Balaban J connectivity index is 1.37. The van der Waals surface area contributed by atoms with Gasteiger partial charge in [-0.1, -0.05) is 36.0 Å². The molecule has 2 aliphatic heterocycles. The molecule has 0 bridgehead atoms. The van der Waals surface area contributed by atoms with Gasteiger partial charge in [0, 0.05) is 28.3 Å². The van der Waals surface area contributed by atoms with Gasteiger partial charge < -0.3 is 19.9 Å². The predicted octanol–water partition coefficient (Wildman–Crippen LogP) is 3.17. The zero-order valence-electron chi connectivity index (χ0n) is 20.0. The number of halogens is 1. The maximum Gasteiger partial charge on any atom is 0.259 e. The third-order valence-corrected chi connectivity index (χ3v) is 7.66. The van der Waals surface area contributed by atoms with Crippen LogP contribution in [0.25, 0.3) is 0 Å². The summed E-state index contributed by atoms with van der Waals surface area (Å²) in [7, 11) is 0. The van der Waals surface area contributed by atoms with E-state index in [2.05, 4.69) is 5.32 Å². The van der Waals surface area contributed by atoms with Gasteiger partial charge in [-0.25, -0.2) is 4.39 Å². The summed E-state index contributed by atoms with van der Waals surface area (Å²) in [5, 5.41) is 3.02. The molecule has 2 amide bonds. The lowest BCUT2D eigenvalue weighted by molar-refractivity contribution is -0.908. The number of nitrogens with zero attached hydrogens (tertiary/aromatic N) is 1. The molecule has 0 spiro atoms. The Morgan fingerprint density at radius 3 is 2.69 bits per heavy atom. The van der Waals surface area contributed by atoms with Crippen LogP contribution in [0.4, 0.5) is 10.1 Å². The molecule has 1 fully saturated rings. The number of ether oxygens (including phenoxy) is 1. The van der Waals surface area contributed by atoms with Gasteiger partial charge in [-0.2, -0.15) is 0 Å². The number of hydrogen-bond acceptors (Lipinski definition) is 4. The van der Waals surface area contributed by atoms with Gasteiger partial charge in [0.05, 0.1) is 37.6 Å². The first-order chi connectivity index (χ1) is 17.6. The smallest absolute Gasteiger partial charge is 0.259 e. The van der Waals surface area contributed by atoms with Gasteiger partial charge in [-0.3, -0.25) is 9.59 Å². The summed E-state index contributed by atoms with van der Waals surface area (Å²) in [6.07, 6.45) is 0.890. The van der Waals surface area contributed by atoms with E-state index in [0.29, 0.717) is 28.9 Å². The first-order valence-electron chi connectivity index (χ1n) is 12.3. The minimum absolute atomic E-state index is 0.167. The fourth-order valence-electron chi connectivity index (χ4n) is 4.59. The van der Waals surface area contributed by atoms with Gasteiger partial charge in [-0.15, -0.1) is 0 Å². The molecular weight excluding hydrogens is 477 g/mol. The fourth-order valence-corrected chi connectivity index (χ4v) is 5.65. The van der Waals surface area contributed by atoms with Crippen LogP contribution in [0.15, 0.2) is 76.5 Å². The van der Waals surface area contributed by atoms with E-state index >= 15 is 0 Å². The Morgan fingerprint density at radius 1 is 1.03 bits per heavy atom. The van der Waals surface area contributed by atoms with Crippen LogP contribution < -0.4 is 15.1 Å². The molecule has 1 saturated heterocycles.